The average molecular weight is 411 g/mol. The van der Waals surface area contributed by atoms with E-state index in [9.17, 15) is 0 Å². The Morgan fingerprint density at radius 3 is 2.29 bits per heavy atom. The molecule has 5 nitrogen and oxygen atoms in total. The number of benzene rings is 1. The van der Waals surface area contributed by atoms with Crippen LogP contribution in [0.15, 0.2) is 79.3 Å². The number of ether oxygens (including phenoxy) is 1. The molecule has 1 N–H and O–H groups in total. The number of nitrogens with one attached hydrogen (secondary N) is 1. The molecule has 4 rings (SSSR count). The second-order valence-corrected chi connectivity index (χ2v) is 8.41. The predicted molar refractivity (Wildman–Crippen MR) is 126 cm³/mol. The standard InChI is InChI=1S/C26H26N4O/c1-26(2,3)30-25-15-19(14-24(29-25)23-10-5-6-11-28-23)21-12-20(16-27-17-21)18-8-7-9-22(13-18)31-4/h5-17H,1-4H3,(H,29,30). The van der Waals surface area contributed by atoms with Gasteiger partial charge in [0.25, 0.3) is 0 Å². The van der Waals surface area contributed by atoms with Crippen LogP contribution in [0.25, 0.3) is 33.6 Å². The highest BCUT2D eigenvalue weighted by molar-refractivity contribution is 5.76. The van der Waals surface area contributed by atoms with Gasteiger partial charge in [-0.05, 0) is 74.4 Å². The molecular formula is C26H26N4O. The van der Waals surface area contributed by atoms with E-state index in [2.05, 4.69) is 60.3 Å². The third-order valence-corrected chi connectivity index (χ3v) is 4.73. The zero-order valence-electron chi connectivity index (χ0n) is 18.3. The van der Waals surface area contributed by atoms with Crippen LogP contribution >= 0.6 is 0 Å². The van der Waals surface area contributed by atoms with Gasteiger partial charge in [0, 0.05) is 35.3 Å². The zero-order valence-corrected chi connectivity index (χ0v) is 18.3. The molecule has 1 aromatic carbocycles. The minimum atomic E-state index is -0.117. The number of aromatic nitrogens is 3. The highest BCUT2D eigenvalue weighted by Gasteiger charge is 2.14. The summed E-state index contributed by atoms with van der Waals surface area (Å²) in [4.78, 5) is 13.8. The molecule has 0 fully saturated rings. The van der Waals surface area contributed by atoms with Gasteiger partial charge in [-0.1, -0.05) is 18.2 Å². The Balaban J connectivity index is 1.80. The van der Waals surface area contributed by atoms with Crippen molar-refractivity contribution in [1.29, 1.82) is 0 Å². The van der Waals surface area contributed by atoms with Gasteiger partial charge in [0.15, 0.2) is 0 Å². The van der Waals surface area contributed by atoms with Crippen molar-refractivity contribution in [2.75, 3.05) is 12.4 Å². The van der Waals surface area contributed by atoms with Gasteiger partial charge in [-0.15, -0.1) is 0 Å². The normalized spacial score (nSPS) is 11.2. The van der Waals surface area contributed by atoms with Crippen molar-refractivity contribution in [2.45, 2.75) is 26.3 Å². The number of hydrogen-bond donors (Lipinski definition) is 1. The van der Waals surface area contributed by atoms with Crippen LogP contribution < -0.4 is 10.1 Å². The van der Waals surface area contributed by atoms with E-state index in [1.807, 2.05) is 48.8 Å². The maximum atomic E-state index is 5.37. The number of hydrogen-bond acceptors (Lipinski definition) is 5. The maximum Gasteiger partial charge on any atom is 0.127 e. The summed E-state index contributed by atoms with van der Waals surface area (Å²) in [5.74, 6) is 1.62. The number of nitrogens with zero attached hydrogens (tertiary/aromatic N) is 3. The summed E-state index contributed by atoms with van der Waals surface area (Å²) >= 11 is 0. The number of rotatable bonds is 5. The smallest absolute Gasteiger partial charge is 0.127 e. The molecule has 0 atom stereocenters. The van der Waals surface area contributed by atoms with Gasteiger partial charge < -0.3 is 10.1 Å². The summed E-state index contributed by atoms with van der Waals surface area (Å²) in [7, 11) is 1.67. The largest absolute Gasteiger partial charge is 0.497 e. The molecule has 0 saturated carbocycles. The van der Waals surface area contributed by atoms with E-state index in [4.69, 9.17) is 9.72 Å². The first-order valence-electron chi connectivity index (χ1n) is 10.2. The first-order chi connectivity index (χ1) is 14.9. The molecule has 3 heterocycles. The fraction of sp³-hybridized carbons (Fsp3) is 0.192. The average Bonchev–Trinajstić information content (AvgIpc) is 2.78. The van der Waals surface area contributed by atoms with Crippen LogP contribution in [0, 0.1) is 0 Å². The highest BCUT2D eigenvalue weighted by Crippen LogP contribution is 2.31. The lowest BCUT2D eigenvalue weighted by Gasteiger charge is -2.22. The van der Waals surface area contributed by atoms with Crippen molar-refractivity contribution in [2.24, 2.45) is 0 Å². The van der Waals surface area contributed by atoms with Crippen LogP contribution in [0.3, 0.4) is 0 Å². The topological polar surface area (TPSA) is 59.9 Å². The third kappa shape index (κ3) is 5.07. The molecule has 0 aliphatic heterocycles. The summed E-state index contributed by atoms with van der Waals surface area (Å²) in [5, 5.41) is 3.49. The fourth-order valence-electron chi connectivity index (χ4n) is 3.35. The molecule has 5 heteroatoms. The quantitative estimate of drug-likeness (QED) is 0.431. The minimum Gasteiger partial charge on any atom is -0.497 e. The Bertz CT molecular complexity index is 1180. The molecule has 0 aliphatic carbocycles. The monoisotopic (exact) mass is 410 g/mol. The molecule has 4 aromatic rings. The first-order valence-corrected chi connectivity index (χ1v) is 10.2. The Morgan fingerprint density at radius 2 is 1.58 bits per heavy atom. The Labute approximate surface area is 183 Å². The number of pyridine rings is 3. The molecular weight excluding hydrogens is 384 g/mol. The molecule has 0 bridgehead atoms. The Morgan fingerprint density at radius 1 is 0.774 bits per heavy atom. The van der Waals surface area contributed by atoms with E-state index >= 15 is 0 Å². The maximum absolute atomic E-state index is 5.37. The molecule has 0 unspecified atom stereocenters. The van der Waals surface area contributed by atoms with Gasteiger partial charge in [-0.3, -0.25) is 9.97 Å². The van der Waals surface area contributed by atoms with Crippen molar-refractivity contribution in [3.63, 3.8) is 0 Å². The van der Waals surface area contributed by atoms with Gasteiger partial charge in [-0.25, -0.2) is 4.98 Å². The summed E-state index contributed by atoms with van der Waals surface area (Å²) in [6.07, 6.45) is 5.53. The number of anilines is 1. The van der Waals surface area contributed by atoms with Crippen molar-refractivity contribution in [1.82, 2.24) is 15.0 Å². The molecule has 0 amide bonds. The Kier molecular flexibility index (Phi) is 5.67. The fourth-order valence-corrected chi connectivity index (χ4v) is 3.35. The summed E-state index contributed by atoms with van der Waals surface area (Å²) in [5.41, 5.74) is 5.65. The summed E-state index contributed by atoms with van der Waals surface area (Å²) < 4.78 is 5.37. The minimum absolute atomic E-state index is 0.117. The van der Waals surface area contributed by atoms with Crippen LogP contribution in [0.5, 0.6) is 5.75 Å². The Hall–Kier alpha value is -3.73. The van der Waals surface area contributed by atoms with Crippen LogP contribution in [-0.2, 0) is 0 Å². The second kappa shape index (κ2) is 8.56. The second-order valence-electron chi connectivity index (χ2n) is 8.41. The van der Waals surface area contributed by atoms with Crippen LogP contribution in [0.2, 0.25) is 0 Å². The lowest BCUT2D eigenvalue weighted by atomic mass is 10.0. The van der Waals surface area contributed by atoms with Crippen LogP contribution in [-0.4, -0.2) is 27.6 Å². The van der Waals surface area contributed by atoms with E-state index in [1.54, 1.807) is 13.3 Å². The molecule has 0 radical (unpaired) electrons. The first kappa shape index (κ1) is 20.5. The molecule has 156 valence electrons. The van der Waals surface area contributed by atoms with Gasteiger partial charge in [-0.2, -0.15) is 0 Å². The van der Waals surface area contributed by atoms with Gasteiger partial charge >= 0.3 is 0 Å². The molecule has 0 aliphatic rings. The van der Waals surface area contributed by atoms with Crippen molar-refractivity contribution in [3.05, 3.63) is 79.3 Å². The van der Waals surface area contributed by atoms with E-state index in [-0.39, 0.29) is 5.54 Å². The van der Waals surface area contributed by atoms with Crippen LogP contribution in [0.4, 0.5) is 5.82 Å². The molecule has 0 spiro atoms. The SMILES string of the molecule is COc1cccc(-c2cncc(-c3cc(NC(C)(C)C)nc(-c4ccccn4)c3)c2)c1. The van der Waals surface area contributed by atoms with E-state index in [0.717, 1.165) is 45.2 Å². The number of methoxy groups -OCH3 is 1. The van der Waals surface area contributed by atoms with Crippen molar-refractivity contribution in [3.8, 4) is 39.4 Å². The van der Waals surface area contributed by atoms with Crippen molar-refractivity contribution < 1.29 is 4.74 Å². The van der Waals surface area contributed by atoms with Gasteiger partial charge in [0.05, 0.1) is 18.5 Å². The molecule has 0 saturated heterocycles. The third-order valence-electron chi connectivity index (χ3n) is 4.73. The lowest BCUT2D eigenvalue weighted by Crippen LogP contribution is -2.26. The van der Waals surface area contributed by atoms with Crippen LogP contribution in [0.1, 0.15) is 20.8 Å². The van der Waals surface area contributed by atoms with E-state index in [1.165, 1.54) is 0 Å². The van der Waals surface area contributed by atoms with E-state index in [0.29, 0.717) is 0 Å². The lowest BCUT2D eigenvalue weighted by molar-refractivity contribution is 0.415. The molecule has 3 aromatic heterocycles. The summed E-state index contributed by atoms with van der Waals surface area (Å²) in [6.45, 7) is 6.35. The van der Waals surface area contributed by atoms with Gasteiger partial charge in [0.1, 0.15) is 11.6 Å². The predicted octanol–water partition coefficient (Wildman–Crippen LogP) is 6.09. The summed E-state index contributed by atoms with van der Waals surface area (Å²) in [6, 6.07) is 20.1. The van der Waals surface area contributed by atoms with E-state index < -0.39 is 0 Å². The highest BCUT2D eigenvalue weighted by atomic mass is 16.5. The van der Waals surface area contributed by atoms with Gasteiger partial charge in [0.2, 0.25) is 0 Å². The zero-order chi connectivity index (χ0) is 21.8. The molecule has 31 heavy (non-hydrogen) atoms. The van der Waals surface area contributed by atoms with Crippen molar-refractivity contribution >= 4 is 5.82 Å².